The predicted octanol–water partition coefficient (Wildman–Crippen LogP) is 14.7. The Morgan fingerprint density at radius 2 is 0.897 bits per heavy atom. The van der Waals surface area contributed by atoms with Gasteiger partial charge in [0.05, 0.1) is 11.4 Å². The van der Waals surface area contributed by atoms with Crippen molar-refractivity contribution in [3.8, 4) is 78.4 Å². The molecular weight excluding hydrogens is 705 g/mol. The molecule has 0 spiro atoms. The van der Waals surface area contributed by atoms with Crippen LogP contribution in [0.1, 0.15) is 25.0 Å². The van der Waals surface area contributed by atoms with Gasteiger partial charge in [-0.25, -0.2) is 9.97 Å². The zero-order chi connectivity index (χ0) is 38.8. The molecule has 2 aromatic heterocycles. The highest BCUT2D eigenvalue weighted by Crippen LogP contribution is 2.49. The SMILES string of the molecule is CC1(C)c2ccccc2-c2ccc(-c3cc(-c4cc(-c5ccccc5)cc(-c5ccc6c(c5)oc5ccccc56)c4)nc(-c4cccc(-c5ccccc5)c4)n3)cc21. The molecule has 0 amide bonds. The fourth-order valence-corrected chi connectivity index (χ4v) is 8.85. The van der Waals surface area contributed by atoms with Crippen molar-refractivity contribution >= 4 is 21.9 Å². The molecule has 0 fully saturated rings. The lowest BCUT2D eigenvalue weighted by Crippen LogP contribution is -2.14. The molecule has 0 saturated carbocycles. The lowest BCUT2D eigenvalue weighted by molar-refractivity contribution is 0.660. The molecule has 2 heterocycles. The average Bonchev–Trinajstić information content (AvgIpc) is 3.77. The van der Waals surface area contributed by atoms with Gasteiger partial charge in [-0.2, -0.15) is 0 Å². The molecule has 274 valence electrons. The summed E-state index contributed by atoms with van der Waals surface area (Å²) in [5.41, 5.74) is 18.4. The highest BCUT2D eigenvalue weighted by Gasteiger charge is 2.35. The first-order chi connectivity index (χ1) is 28.5. The zero-order valence-corrected chi connectivity index (χ0v) is 32.3. The summed E-state index contributed by atoms with van der Waals surface area (Å²) in [6.45, 7) is 4.65. The van der Waals surface area contributed by atoms with Crippen molar-refractivity contribution in [2.45, 2.75) is 19.3 Å². The van der Waals surface area contributed by atoms with Crippen LogP contribution < -0.4 is 0 Å². The Labute approximate surface area is 338 Å². The van der Waals surface area contributed by atoms with E-state index in [4.69, 9.17) is 14.4 Å². The summed E-state index contributed by atoms with van der Waals surface area (Å²) in [6, 6.07) is 69.0. The summed E-state index contributed by atoms with van der Waals surface area (Å²) in [5, 5.41) is 2.24. The minimum Gasteiger partial charge on any atom is -0.456 e. The Balaban J connectivity index is 1.11. The number of benzene rings is 8. The molecule has 1 aliphatic rings. The third-order valence-corrected chi connectivity index (χ3v) is 11.9. The van der Waals surface area contributed by atoms with Crippen molar-refractivity contribution < 1.29 is 4.42 Å². The lowest BCUT2D eigenvalue weighted by Gasteiger charge is -2.22. The molecule has 0 N–H and O–H groups in total. The van der Waals surface area contributed by atoms with E-state index >= 15 is 0 Å². The highest BCUT2D eigenvalue weighted by atomic mass is 16.3. The molecule has 10 aromatic rings. The number of fused-ring (bicyclic) bond motifs is 6. The van der Waals surface area contributed by atoms with Crippen LogP contribution in [0.4, 0.5) is 0 Å². The molecule has 8 aromatic carbocycles. The van der Waals surface area contributed by atoms with Crippen LogP contribution in [0.15, 0.2) is 199 Å². The predicted molar refractivity (Wildman–Crippen MR) is 239 cm³/mol. The second kappa shape index (κ2) is 13.4. The summed E-state index contributed by atoms with van der Waals surface area (Å²) < 4.78 is 6.36. The highest BCUT2D eigenvalue weighted by molar-refractivity contribution is 6.06. The van der Waals surface area contributed by atoms with E-state index in [1.807, 2.05) is 12.1 Å². The fraction of sp³-hybridized carbons (Fsp3) is 0.0545. The Morgan fingerprint density at radius 3 is 1.71 bits per heavy atom. The van der Waals surface area contributed by atoms with Gasteiger partial charge < -0.3 is 4.42 Å². The summed E-state index contributed by atoms with van der Waals surface area (Å²) in [4.78, 5) is 10.7. The monoisotopic (exact) mass is 742 g/mol. The summed E-state index contributed by atoms with van der Waals surface area (Å²) >= 11 is 0. The van der Waals surface area contributed by atoms with E-state index in [2.05, 4.69) is 196 Å². The van der Waals surface area contributed by atoms with E-state index in [0.29, 0.717) is 5.82 Å². The number of furan rings is 1. The molecule has 0 radical (unpaired) electrons. The second-order valence-corrected chi connectivity index (χ2v) is 15.8. The quantitative estimate of drug-likeness (QED) is 0.170. The van der Waals surface area contributed by atoms with Crippen LogP contribution in [-0.2, 0) is 5.41 Å². The molecule has 0 unspecified atom stereocenters. The molecule has 3 nitrogen and oxygen atoms in total. The largest absolute Gasteiger partial charge is 0.456 e. The van der Waals surface area contributed by atoms with Crippen molar-refractivity contribution in [2.75, 3.05) is 0 Å². The van der Waals surface area contributed by atoms with E-state index < -0.39 is 0 Å². The minimum atomic E-state index is -0.134. The number of aromatic nitrogens is 2. The minimum absolute atomic E-state index is 0.134. The van der Waals surface area contributed by atoms with Crippen LogP contribution in [0.5, 0.6) is 0 Å². The van der Waals surface area contributed by atoms with Gasteiger partial charge in [0.25, 0.3) is 0 Å². The number of rotatable bonds is 6. The Morgan fingerprint density at radius 1 is 0.345 bits per heavy atom. The number of para-hydroxylation sites is 1. The van der Waals surface area contributed by atoms with E-state index in [1.165, 1.54) is 22.3 Å². The summed E-state index contributed by atoms with van der Waals surface area (Å²) in [7, 11) is 0. The van der Waals surface area contributed by atoms with Gasteiger partial charge in [0.15, 0.2) is 5.82 Å². The van der Waals surface area contributed by atoms with Gasteiger partial charge in [0.2, 0.25) is 0 Å². The maximum Gasteiger partial charge on any atom is 0.160 e. The molecule has 11 rings (SSSR count). The van der Waals surface area contributed by atoms with Crippen LogP contribution in [0.3, 0.4) is 0 Å². The fourth-order valence-electron chi connectivity index (χ4n) is 8.85. The van der Waals surface area contributed by atoms with E-state index in [9.17, 15) is 0 Å². The van der Waals surface area contributed by atoms with Gasteiger partial charge in [-0.3, -0.25) is 0 Å². The number of hydrogen-bond donors (Lipinski definition) is 0. The molecule has 1 aliphatic carbocycles. The van der Waals surface area contributed by atoms with Crippen LogP contribution in [-0.4, -0.2) is 9.97 Å². The van der Waals surface area contributed by atoms with Crippen LogP contribution in [0.2, 0.25) is 0 Å². The molecule has 0 atom stereocenters. The topological polar surface area (TPSA) is 38.9 Å². The Kier molecular flexibility index (Phi) is 7.84. The summed E-state index contributed by atoms with van der Waals surface area (Å²) in [6.07, 6.45) is 0. The number of nitrogens with zero attached hydrogens (tertiary/aromatic N) is 2. The van der Waals surface area contributed by atoms with Crippen molar-refractivity contribution in [3.05, 3.63) is 205 Å². The normalized spacial score (nSPS) is 12.8. The zero-order valence-electron chi connectivity index (χ0n) is 32.3. The third-order valence-electron chi connectivity index (χ3n) is 11.9. The van der Waals surface area contributed by atoms with Crippen LogP contribution in [0.25, 0.3) is 100 Å². The standard InChI is InChI=1S/C55H38N2O/c1-55(2)48-22-11-9-20-44(48)45-26-25-39(32-49(45)55)50-34-51(57-54(56-50)40-19-13-18-37(28-40)35-14-5-3-6-15-35)43-30-41(36-16-7-4-8-17-36)29-42(31-43)38-24-27-47-46-21-10-12-23-52(46)58-53(47)33-38/h3-34H,1-2H3. The molecule has 3 heteroatoms. The maximum atomic E-state index is 6.36. The molecule has 0 saturated heterocycles. The number of hydrogen-bond acceptors (Lipinski definition) is 3. The van der Waals surface area contributed by atoms with Crippen LogP contribution >= 0.6 is 0 Å². The van der Waals surface area contributed by atoms with Gasteiger partial charge in [0, 0.05) is 32.9 Å². The Bertz CT molecular complexity index is 3190. The van der Waals surface area contributed by atoms with Crippen molar-refractivity contribution in [2.24, 2.45) is 0 Å². The first-order valence-electron chi connectivity index (χ1n) is 19.9. The van der Waals surface area contributed by atoms with Crippen molar-refractivity contribution in [1.82, 2.24) is 9.97 Å². The Hall–Kier alpha value is -7.36. The van der Waals surface area contributed by atoms with Gasteiger partial charge in [-0.1, -0.05) is 153 Å². The van der Waals surface area contributed by atoms with Crippen LogP contribution in [0, 0.1) is 0 Å². The molecule has 0 aliphatic heterocycles. The third kappa shape index (κ3) is 5.74. The first-order valence-corrected chi connectivity index (χ1v) is 19.9. The smallest absolute Gasteiger partial charge is 0.160 e. The van der Waals surface area contributed by atoms with E-state index in [-0.39, 0.29) is 5.41 Å². The van der Waals surface area contributed by atoms with Gasteiger partial charge in [-0.05, 0) is 110 Å². The first kappa shape index (κ1) is 33.9. The second-order valence-electron chi connectivity index (χ2n) is 15.8. The average molecular weight is 743 g/mol. The molecule has 58 heavy (non-hydrogen) atoms. The van der Waals surface area contributed by atoms with Gasteiger partial charge in [-0.15, -0.1) is 0 Å². The molecule has 0 bridgehead atoms. The maximum absolute atomic E-state index is 6.36. The lowest BCUT2D eigenvalue weighted by atomic mass is 9.82. The van der Waals surface area contributed by atoms with Crippen molar-refractivity contribution in [1.29, 1.82) is 0 Å². The van der Waals surface area contributed by atoms with E-state index in [1.54, 1.807) is 0 Å². The van der Waals surface area contributed by atoms with Gasteiger partial charge in [0.1, 0.15) is 11.2 Å². The summed E-state index contributed by atoms with van der Waals surface area (Å²) in [5.74, 6) is 0.684. The van der Waals surface area contributed by atoms with E-state index in [0.717, 1.165) is 83.4 Å². The molecular formula is C55H38N2O. The van der Waals surface area contributed by atoms with Crippen molar-refractivity contribution in [3.63, 3.8) is 0 Å². The van der Waals surface area contributed by atoms with Gasteiger partial charge >= 0.3 is 0 Å².